The number of thiocarbonyl (C=S) groups is 1. The monoisotopic (exact) mass is 459 g/mol. The summed E-state index contributed by atoms with van der Waals surface area (Å²) in [4.78, 5) is 12.3. The first-order valence-corrected chi connectivity index (χ1v) is 9.62. The second-order valence-electron chi connectivity index (χ2n) is 5.85. The number of amides is 1. The molecule has 1 aliphatic heterocycles. The molecule has 0 aliphatic carbocycles. The molecule has 10 heteroatoms. The molecule has 1 fully saturated rings. The minimum atomic E-state index is -4.61. The topological polar surface area (TPSA) is 47.6 Å². The van der Waals surface area contributed by atoms with E-state index in [4.69, 9.17) is 33.3 Å². The van der Waals surface area contributed by atoms with Crippen LogP contribution in [0.1, 0.15) is 11.1 Å². The fourth-order valence-corrected chi connectivity index (χ4v) is 4.03. The van der Waals surface area contributed by atoms with E-state index in [2.05, 4.69) is 5.32 Å². The lowest BCUT2D eigenvalue weighted by Gasteiger charge is -2.16. The van der Waals surface area contributed by atoms with Crippen molar-refractivity contribution in [1.82, 2.24) is 5.32 Å². The van der Waals surface area contributed by atoms with Crippen LogP contribution in [0.5, 0.6) is 11.5 Å². The van der Waals surface area contributed by atoms with Crippen molar-refractivity contribution in [2.45, 2.75) is 6.18 Å². The summed E-state index contributed by atoms with van der Waals surface area (Å²) in [6.07, 6.45) is -3.04. The Hall–Kier alpha value is -2.23. The number of rotatable bonds is 4. The Morgan fingerprint density at radius 1 is 1.17 bits per heavy atom. The molecule has 1 heterocycles. The highest BCUT2D eigenvalue weighted by Crippen LogP contribution is 2.43. The van der Waals surface area contributed by atoms with Gasteiger partial charge in [0.2, 0.25) is 0 Å². The van der Waals surface area contributed by atoms with Crippen molar-refractivity contribution in [3.63, 3.8) is 0 Å². The van der Waals surface area contributed by atoms with E-state index in [0.717, 1.165) is 17.8 Å². The first-order chi connectivity index (χ1) is 13.6. The van der Waals surface area contributed by atoms with E-state index in [1.807, 2.05) is 0 Å². The lowest BCUT2D eigenvalue weighted by atomic mass is 9.98. The number of methoxy groups -OCH3 is 2. The average Bonchev–Trinajstić information content (AvgIpc) is 2.97. The molecule has 1 saturated heterocycles. The van der Waals surface area contributed by atoms with E-state index in [9.17, 15) is 18.0 Å². The fraction of sp³-hybridized carbons (Fsp3) is 0.158. The van der Waals surface area contributed by atoms with Crippen LogP contribution >= 0.6 is 35.6 Å². The zero-order chi connectivity index (χ0) is 21.3. The highest BCUT2D eigenvalue weighted by atomic mass is 35.5. The maximum absolute atomic E-state index is 13.3. The van der Waals surface area contributed by atoms with Crippen LogP contribution in [0.3, 0.4) is 0 Å². The van der Waals surface area contributed by atoms with Gasteiger partial charge in [0.15, 0.2) is 11.5 Å². The summed E-state index contributed by atoms with van der Waals surface area (Å²) in [5.74, 6) is 0.206. The molecule has 0 radical (unpaired) electrons. The molecule has 0 aromatic heterocycles. The van der Waals surface area contributed by atoms with Gasteiger partial charge < -0.3 is 14.8 Å². The lowest BCUT2D eigenvalue weighted by Crippen LogP contribution is -2.17. The van der Waals surface area contributed by atoms with E-state index < -0.39 is 16.8 Å². The van der Waals surface area contributed by atoms with E-state index in [1.54, 1.807) is 18.2 Å². The van der Waals surface area contributed by atoms with Crippen LogP contribution in [0.4, 0.5) is 13.2 Å². The molecule has 152 valence electrons. The Labute approximate surface area is 179 Å². The second kappa shape index (κ2) is 8.25. The van der Waals surface area contributed by atoms with Gasteiger partial charge in [0.25, 0.3) is 5.91 Å². The zero-order valence-corrected chi connectivity index (χ0v) is 17.4. The maximum Gasteiger partial charge on any atom is 0.417 e. The Morgan fingerprint density at radius 3 is 2.45 bits per heavy atom. The molecule has 0 saturated carbocycles. The molecule has 0 bridgehead atoms. The van der Waals surface area contributed by atoms with E-state index in [1.165, 1.54) is 26.4 Å². The standard InChI is InChI=1S/C19H13ClF3NO3S2/c1-26-14-6-9(7-15-17(25)24-18(28)29-15)5-11(16(14)27-2)10-3-4-13(20)12(8-10)19(21,22)23/h3-8H,1-2H3,(H,24,25,28)/b15-7-. The largest absolute Gasteiger partial charge is 0.493 e. The van der Waals surface area contributed by atoms with E-state index in [0.29, 0.717) is 26.1 Å². The van der Waals surface area contributed by atoms with Crippen LogP contribution in [-0.4, -0.2) is 24.4 Å². The number of hydrogen-bond donors (Lipinski definition) is 1. The molecule has 0 atom stereocenters. The maximum atomic E-state index is 13.3. The summed E-state index contributed by atoms with van der Waals surface area (Å²) in [6, 6.07) is 6.80. The summed E-state index contributed by atoms with van der Waals surface area (Å²) in [6.45, 7) is 0. The third kappa shape index (κ3) is 4.52. The normalized spacial score (nSPS) is 15.6. The summed E-state index contributed by atoms with van der Waals surface area (Å²) in [7, 11) is 2.80. The first kappa shape index (κ1) is 21.5. The van der Waals surface area contributed by atoms with E-state index >= 15 is 0 Å². The van der Waals surface area contributed by atoms with Crippen molar-refractivity contribution in [2.24, 2.45) is 0 Å². The highest BCUT2D eigenvalue weighted by Gasteiger charge is 2.33. The minimum Gasteiger partial charge on any atom is -0.493 e. The number of alkyl halides is 3. The van der Waals surface area contributed by atoms with Gasteiger partial charge in [0, 0.05) is 5.56 Å². The molecule has 2 aromatic rings. The molecule has 2 aromatic carbocycles. The number of benzene rings is 2. The molecule has 1 aliphatic rings. The van der Waals surface area contributed by atoms with Gasteiger partial charge in [-0.3, -0.25) is 4.79 Å². The van der Waals surface area contributed by atoms with Crippen molar-refractivity contribution in [3.05, 3.63) is 51.4 Å². The predicted molar refractivity (Wildman–Crippen MR) is 111 cm³/mol. The third-order valence-corrected chi connectivity index (χ3v) is 5.52. The van der Waals surface area contributed by atoms with Gasteiger partial charge in [-0.25, -0.2) is 0 Å². The molecule has 4 nitrogen and oxygen atoms in total. The van der Waals surface area contributed by atoms with Crippen LogP contribution in [0.15, 0.2) is 35.2 Å². The van der Waals surface area contributed by atoms with Crippen molar-refractivity contribution in [3.8, 4) is 22.6 Å². The molecule has 0 unspecified atom stereocenters. The molecular formula is C19H13ClF3NO3S2. The number of carbonyl (C=O) groups is 1. The molecule has 1 amide bonds. The lowest BCUT2D eigenvalue weighted by molar-refractivity contribution is -0.137. The smallest absolute Gasteiger partial charge is 0.417 e. The molecule has 1 N–H and O–H groups in total. The van der Waals surface area contributed by atoms with Crippen LogP contribution < -0.4 is 14.8 Å². The summed E-state index contributed by atoms with van der Waals surface area (Å²) >= 11 is 11.8. The third-order valence-electron chi connectivity index (χ3n) is 4.02. The number of nitrogens with one attached hydrogen (secondary N) is 1. The molecule has 3 rings (SSSR count). The summed E-state index contributed by atoms with van der Waals surface area (Å²) < 4.78 is 50.9. The number of hydrogen-bond acceptors (Lipinski definition) is 5. The number of carbonyl (C=O) groups excluding carboxylic acids is 1. The number of halogens is 4. The predicted octanol–water partition coefficient (Wildman–Crippen LogP) is 5.53. The van der Waals surface area contributed by atoms with Crippen LogP contribution in [0.2, 0.25) is 5.02 Å². The van der Waals surface area contributed by atoms with Crippen LogP contribution in [0, 0.1) is 0 Å². The van der Waals surface area contributed by atoms with Gasteiger partial charge in [0.1, 0.15) is 4.32 Å². The van der Waals surface area contributed by atoms with Crippen molar-refractivity contribution in [2.75, 3.05) is 14.2 Å². The molecular weight excluding hydrogens is 447 g/mol. The van der Waals surface area contributed by atoms with Gasteiger partial charge >= 0.3 is 6.18 Å². The number of ether oxygens (including phenoxy) is 2. The van der Waals surface area contributed by atoms with Crippen molar-refractivity contribution in [1.29, 1.82) is 0 Å². The van der Waals surface area contributed by atoms with Crippen molar-refractivity contribution >= 4 is 51.9 Å². The van der Waals surface area contributed by atoms with Crippen LogP contribution in [-0.2, 0) is 11.0 Å². The molecule has 29 heavy (non-hydrogen) atoms. The van der Waals surface area contributed by atoms with Gasteiger partial charge in [-0.2, -0.15) is 13.2 Å². The van der Waals surface area contributed by atoms with E-state index in [-0.39, 0.29) is 17.2 Å². The second-order valence-corrected chi connectivity index (χ2v) is 7.97. The minimum absolute atomic E-state index is 0.233. The van der Waals surface area contributed by atoms with Gasteiger partial charge in [-0.1, -0.05) is 41.6 Å². The van der Waals surface area contributed by atoms with Crippen LogP contribution in [0.25, 0.3) is 17.2 Å². The fourth-order valence-electron chi connectivity index (χ4n) is 2.77. The van der Waals surface area contributed by atoms with Crippen molar-refractivity contribution < 1.29 is 27.4 Å². The quantitative estimate of drug-likeness (QED) is 0.481. The Balaban J connectivity index is 2.19. The average molecular weight is 460 g/mol. The summed E-state index contributed by atoms with van der Waals surface area (Å²) in [5.41, 5.74) is 0.157. The number of thioether (sulfide) groups is 1. The highest BCUT2D eigenvalue weighted by molar-refractivity contribution is 8.26. The first-order valence-electron chi connectivity index (χ1n) is 8.02. The zero-order valence-electron chi connectivity index (χ0n) is 15.0. The summed E-state index contributed by atoms with van der Waals surface area (Å²) in [5, 5.41) is 2.10. The SMILES string of the molecule is COc1cc(/C=C2\SC(=S)NC2=O)cc(-c2ccc(Cl)c(C(F)(F)F)c2)c1OC. The Kier molecular flexibility index (Phi) is 6.11. The molecule has 0 spiro atoms. The van der Waals surface area contributed by atoms with Gasteiger partial charge in [-0.05, 0) is 41.5 Å². The Morgan fingerprint density at radius 2 is 1.90 bits per heavy atom. The van der Waals surface area contributed by atoms with Gasteiger partial charge in [-0.15, -0.1) is 0 Å². The Bertz CT molecular complexity index is 1040. The van der Waals surface area contributed by atoms with Gasteiger partial charge in [0.05, 0.1) is 29.7 Å².